The van der Waals surface area contributed by atoms with Gasteiger partial charge in [-0.3, -0.25) is 4.99 Å². The minimum Gasteiger partial charge on any atom is -0.462 e. The summed E-state index contributed by atoms with van der Waals surface area (Å²) >= 11 is 1.41. The molecule has 2 heterocycles. The molecule has 0 saturated carbocycles. The van der Waals surface area contributed by atoms with Gasteiger partial charge in [0.25, 0.3) is 0 Å². The summed E-state index contributed by atoms with van der Waals surface area (Å²) in [5.74, 6) is -0.262. The minimum atomic E-state index is -0.262. The maximum atomic E-state index is 11.4. The summed E-state index contributed by atoms with van der Waals surface area (Å²) in [6, 6.07) is 1.80. The molecular formula is C9H10N2O2S. The van der Waals surface area contributed by atoms with Gasteiger partial charge in [-0.15, -0.1) is 11.3 Å². The van der Waals surface area contributed by atoms with Crippen LogP contribution >= 0.6 is 11.3 Å². The van der Waals surface area contributed by atoms with Gasteiger partial charge in [-0.1, -0.05) is 0 Å². The Labute approximate surface area is 85.6 Å². The lowest BCUT2D eigenvalue weighted by molar-refractivity contribution is 0.0532. The SMILES string of the molecule is CCOC(=O)c1cc2c(s1)NCN=C2. The van der Waals surface area contributed by atoms with Gasteiger partial charge >= 0.3 is 5.97 Å². The lowest BCUT2D eigenvalue weighted by Gasteiger charge is -2.04. The van der Waals surface area contributed by atoms with Gasteiger partial charge < -0.3 is 10.1 Å². The van der Waals surface area contributed by atoms with E-state index in [4.69, 9.17) is 4.74 Å². The number of carbonyl (C=O) groups is 1. The van der Waals surface area contributed by atoms with E-state index >= 15 is 0 Å². The molecule has 2 rings (SSSR count). The number of ether oxygens (including phenoxy) is 1. The van der Waals surface area contributed by atoms with E-state index < -0.39 is 0 Å². The van der Waals surface area contributed by atoms with Crippen LogP contribution in [0.3, 0.4) is 0 Å². The van der Waals surface area contributed by atoms with Crippen molar-refractivity contribution in [2.24, 2.45) is 4.99 Å². The molecule has 0 saturated heterocycles. The first kappa shape index (κ1) is 9.21. The van der Waals surface area contributed by atoms with E-state index in [9.17, 15) is 4.79 Å². The largest absolute Gasteiger partial charge is 0.462 e. The van der Waals surface area contributed by atoms with Crippen LogP contribution in [0.1, 0.15) is 22.2 Å². The van der Waals surface area contributed by atoms with Crippen LogP contribution in [0.2, 0.25) is 0 Å². The molecule has 1 aliphatic heterocycles. The molecule has 0 spiro atoms. The van der Waals surface area contributed by atoms with Crippen molar-refractivity contribution in [2.45, 2.75) is 6.92 Å². The normalized spacial score (nSPS) is 13.2. The standard InChI is InChI=1S/C9H10N2O2S/c1-2-13-9(12)7-3-6-4-10-5-11-8(6)14-7/h3-4,11H,2,5H2,1H3. The highest BCUT2D eigenvalue weighted by Crippen LogP contribution is 2.28. The Morgan fingerprint density at radius 3 is 3.36 bits per heavy atom. The molecule has 74 valence electrons. The van der Waals surface area contributed by atoms with Crippen molar-refractivity contribution in [1.82, 2.24) is 0 Å². The van der Waals surface area contributed by atoms with Crippen LogP contribution < -0.4 is 5.32 Å². The zero-order valence-electron chi connectivity index (χ0n) is 7.74. The van der Waals surface area contributed by atoms with Gasteiger partial charge in [0.15, 0.2) is 0 Å². The summed E-state index contributed by atoms with van der Waals surface area (Å²) in [6.45, 7) is 2.78. The molecule has 0 atom stereocenters. The Kier molecular flexibility index (Phi) is 2.49. The van der Waals surface area contributed by atoms with Gasteiger partial charge in [0.1, 0.15) is 11.5 Å². The maximum absolute atomic E-state index is 11.4. The van der Waals surface area contributed by atoms with Gasteiger partial charge in [0.2, 0.25) is 0 Å². The van der Waals surface area contributed by atoms with Crippen LogP contribution in [0.15, 0.2) is 11.1 Å². The molecule has 1 N–H and O–H groups in total. The number of hydrogen-bond donors (Lipinski definition) is 1. The van der Waals surface area contributed by atoms with E-state index in [0.717, 1.165) is 10.6 Å². The van der Waals surface area contributed by atoms with Crippen molar-refractivity contribution in [1.29, 1.82) is 0 Å². The molecule has 0 fully saturated rings. The van der Waals surface area contributed by atoms with E-state index in [1.165, 1.54) is 11.3 Å². The van der Waals surface area contributed by atoms with Crippen LogP contribution in [0.25, 0.3) is 0 Å². The Bertz CT molecular complexity index is 384. The number of fused-ring (bicyclic) bond motifs is 1. The Balaban J connectivity index is 2.24. The number of anilines is 1. The third-order valence-electron chi connectivity index (χ3n) is 1.80. The number of esters is 1. The summed E-state index contributed by atoms with van der Waals surface area (Å²) in [4.78, 5) is 16.1. The van der Waals surface area contributed by atoms with E-state index in [0.29, 0.717) is 18.2 Å². The summed E-state index contributed by atoms with van der Waals surface area (Å²) in [6.07, 6.45) is 1.77. The highest BCUT2D eigenvalue weighted by Gasteiger charge is 2.15. The van der Waals surface area contributed by atoms with Crippen LogP contribution in [-0.2, 0) is 4.74 Å². The van der Waals surface area contributed by atoms with Crippen LogP contribution in [0.4, 0.5) is 5.00 Å². The van der Waals surface area contributed by atoms with E-state index in [-0.39, 0.29) is 5.97 Å². The first-order valence-corrected chi connectivity index (χ1v) is 5.17. The molecule has 0 aliphatic carbocycles. The third-order valence-corrected chi connectivity index (χ3v) is 2.89. The van der Waals surface area contributed by atoms with E-state index in [2.05, 4.69) is 10.3 Å². The number of nitrogens with one attached hydrogen (secondary N) is 1. The Hall–Kier alpha value is -1.36. The summed E-state index contributed by atoms with van der Waals surface area (Å²) in [5, 5.41) is 4.08. The second kappa shape index (κ2) is 3.79. The molecule has 14 heavy (non-hydrogen) atoms. The molecule has 0 aromatic carbocycles. The lowest BCUT2D eigenvalue weighted by atomic mass is 10.3. The predicted octanol–water partition coefficient (Wildman–Crippen LogP) is 1.73. The van der Waals surface area contributed by atoms with Crippen LogP contribution in [0.5, 0.6) is 0 Å². The van der Waals surface area contributed by atoms with Crippen molar-refractivity contribution in [2.75, 3.05) is 18.6 Å². The average molecular weight is 210 g/mol. The molecule has 0 radical (unpaired) electrons. The second-order valence-corrected chi connectivity index (χ2v) is 3.81. The highest BCUT2D eigenvalue weighted by atomic mass is 32.1. The molecule has 1 aliphatic rings. The number of thiophene rings is 1. The first-order valence-electron chi connectivity index (χ1n) is 4.36. The highest BCUT2D eigenvalue weighted by molar-refractivity contribution is 7.18. The number of rotatable bonds is 2. The van der Waals surface area contributed by atoms with Gasteiger partial charge in [-0.25, -0.2) is 4.79 Å². The number of carbonyl (C=O) groups excluding carboxylic acids is 1. The molecular weight excluding hydrogens is 200 g/mol. The van der Waals surface area contributed by atoms with Crippen molar-refractivity contribution < 1.29 is 9.53 Å². The Morgan fingerprint density at radius 1 is 1.79 bits per heavy atom. The monoisotopic (exact) mass is 210 g/mol. The van der Waals surface area contributed by atoms with Crippen LogP contribution in [0, 0.1) is 0 Å². The zero-order valence-corrected chi connectivity index (χ0v) is 8.56. The second-order valence-electron chi connectivity index (χ2n) is 2.76. The van der Waals surface area contributed by atoms with Crippen molar-refractivity contribution in [3.63, 3.8) is 0 Å². The van der Waals surface area contributed by atoms with Crippen LogP contribution in [-0.4, -0.2) is 25.5 Å². The molecule has 0 amide bonds. The molecule has 0 bridgehead atoms. The Morgan fingerprint density at radius 2 is 2.64 bits per heavy atom. The van der Waals surface area contributed by atoms with Gasteiger partial charge in [-0.2, -0.15) is 0 Å². The molecule has 1 aromatic heterocycles. The van der Waals surface area contributed by atoms with Crippen molar-refractivity contribution >= 4 is 28.5 Å². The number of aliphatic imine (C=N–C) groups is 1. The van der Waals surface area contributed by atoms with Gasteiger partial charge in [0, 0.05) is 11.8 Å². The fourth-order valence-corrected chi connectivity index (χ4v) is 2.12. The third kappa shape index (κ3) is 1.63. The minimum absolute atomic E-state index is 0.262. The van der Waals surface area contributed by atoms with Gasteiger partial charge in [0.05, 0.1) is 11.6 Å². The van der Waals surface area contributed by atoms with Gasteiger partial charge in [-0.05, 0) is 13.0 Å². The molecule has 4 nitrogen and oxygen atoms in total. The average Bonchev–Trinajstić information content (AvgIpc) is 2.61. The fraction of sp³-hybridized carbons (Fsp3) is 0.333. The topological polar surface area (TPSA) is 50.7 Å². The lowest BCUT2D eigenvalue weighted by Crippen LogP contribution is -2.03. The van der Waals surface area contributed by atoms with Crippen molar-refractivity contribution in [3.8, 4) is 0 Å². The maximum Gasteiger partial charge on any atom is 0.348 e. The van der Waals surface area contributed by atoms with Crippen molar-refractivity contribution in [3.05, 3.63) is 16.5 Å². The fourth-order valence-electron chi connectivity index (χ4n) is 1.20. The smallest absolute Gasteiger partial charge is 0.348 e. The summed E-state index contributed by atoms with van der Waals surface area (Å²) in [7, 11) is 0. The molecule has 5 heteroatoms. The molecule has 1 aromatic rings. The quantitative estimate of drug-likeness (QED) is 0.756. The first-order chi connectivity index (χ1) is 6.81. The van der Waals surface area contributed by atoms with E-state index in [1.807, 2.05) is 0 Å². The van der Waals surface area contributed by atoms with E-state index in [1.54, 1.807) is 19.2 Å². The zero-order chi connectivity index (χ0) is 9.97. The number of nitrogens with zero attached hydrogens (tertiary/aromatic N) is 1. The predicted molar refractivity (Wildman–Crippen MR) is 56.4 cm³/mol. The number of hydrogen-bond acceptors (Lipinski definition) is 5. The summed E-state index contributed by atoms with van der Waals surface area (Å²) in [5.41, 5.74) is 0.962. The molecule has 0 unspecified atom stereocenters. The summed E-state index contributed by atoms with van der Waals surface area (Å²) < 4.78 is 4.90.